The van der Waals surface area contributed by atoms with Gasteiger partial charge in [0, 0.05) is 5.41 Å². The molecular formula is C12H24O3. The van der Waals surface area contributed by atoms with Crippen molar-refractivity contribution in [3.05, 3.63) is 0 Å². The molecule has 0 aromatic carbocycles. The first-order chi connectivity index (χ1) is 6.54. The Bertz CT molecular complexity index is 217. The van der Waals surface area contributed by atoms with Crippen LogP contribution in [0.5, 0.6) is 0 Å². The summed E-state index contributed by atoms with van der Waals surface area (Å²) in [6.45, 7) is 11.3. The van der Waals surface area contributed by atoms with Gasteiger partial charge in [0.15, 0.2) is 0 Å². The molecule has 3 nitrogen and oxygen atoms in total. The second-order valence-electron chi connectivity index (χ2n) is 6.06. The molecule has 0 amide bonds. The van der Waals surface area contributed by atoms with Gasteiger partial charge in [-0.15, -0.1) is 0 Å². The Kier molecular flexibility index (Phi) is 4.49. The number of hydrogen-bond donors (Lipinski definition) is 1. The van der Waals surface area contributed by atoms with E-state index in [2.05, 4.69) is 0 Å². The Balaban J connectivity index is 4.50. The van der Waals surface area contributed by atoms with Gasteiger partial charge in [0.2, 0.25) is 0 Å². The van der Waals surface area contributed by atoms with Crippen molar-refractivity contribution in [3.8, 4) is 0 Å². The van der Waals surface area contributed by atoms with Gasteiger partial charge in [0.05, 0.1) is 17.8 Å². The minimum Gasteiger partial charge on any atom is -0.393 e. The zero-order valence-corrected chi connectivity index (χ0v) is 10.8. The Labute approximate surface area is 92.8 Å². The molecule has 0 rings (SSSR count). The predicted octanol–water partition coefficient (Wildman–Crippen LogP) is 2.17. The van der Waals surface area contributed by atoms with Gasteiger partial charge in [0.25, 0.3) is 0 Å². The molecule has 0 aromatic rings. The highest BCUT2D eigenvalue weighted by Crippen LogP contribution is 2.31. The van der Waals surface area contributed by atoms with Gasteiger partial charge in [-0.05, 0) is 34.1 Å². The van der Waals surface area contributed by atoms with Crippen LogP contribution in [0.25, 0.3) is 0 Å². The standard InChI is InChI=1S/C12H24O3/c1-10(2,8-13)7-11(3,4)15-12(5,6)9-14/h8,14H,7,9H2,1-6H3. The summed E-state index contributed by atoms with van der Waals surface area (Å²) >= 11 is 0. The van der Waals surface area contributed by atoms with Crippen molar-refractivity contribution in [2.24, 2.45) is 5.41 Å². The maximum atomic E-state index is 10.8. The summed E-state index contributed by atoms with van der Waals surface area (Å²) in [5.74, 6) is 0. The molecule has 0 radical (unpaired) electrons. The van der Waals surface area contributed by atoms with Crippen molar-refractivity contribution >= 4 is 6.29 Å². The molecule has 0 aromatic heterocycles. The number of hydrogen-bond acceptors (Lipinski definition) is 3. The van der Waals surface area contributed by atoms with Crippen LogP contribution in [0, 0.1) is 5.41 Å². The topological polar surface area (TPSA) is 46.5 Å². The minimum absolute atomic E-state index is 0.0298. The van der Waals surface area contributed by atoms with Gasteiger partial charge in [-0.3, -0.25) is 0 Å². The number of aldehydes is 1. The SMILES string of the molecule is CC(C)(C=O)CC(C)(C)OC(C)(C)CO. The maximum Gasteiger partial charge on any atom is 0.125 e. The van der Waals surface area contributed by atoms with E-state index in [0.29, 0.717) is 6.42 Å². The molecule has 1 N–H and O–H groups in total. The minimum atomic E-state index is -0.567. The highest BCUT2D eigenvalue weighted by atomic mass is 16.5. The fourth-order valence-electron chi connectivity index (χ4n) is 1.96. The third kappa shape index (κ3) is 5.90. The average molecular weight is 216 g/mol. The Morgan fingerprint density at radius 3 is 1.87 bits per heavy atom. The van der Waals surface area contributed by atoms with Gasteiger partial charge in [-0.2, -0.15) is 0 Å². The summed E-state index contributed by atoms with van der Waals surface area (Å²) in [4.78, 5) is 10.8. The van der Waals surface area contributed by atoms with Crippen LogP contribution in [0.2, 0.25) is 0 Å². The summed E-state index contributed by atoms with van der Waals surface area (Å²) in [5, 5.41) is 9.12. The first kappa shape index (κ1) is 14.6. The van der Waals surface area contributed by atoms with Crippen molar-refractivity contribution in [3.63, 3.8) is 0 Å². The lowest BCUT2D eigenvalue weighted by Crippen LogP contribution is -2.42. The molecule has 0 spiro atoms. The van der Waals surface area contributed by atoms with Crippen LogP contribution in [0.1, 0.15) is 48.0 Å². The van der Waals surface area contributed by atoms with E-state index in [1.165, 1.54) is 0 Å². The lowest BCUT2D eigenvalue weighted by Gasteiger charge is -2.38. The molecule has 0 bridgehead atoms. The summed E-state index contributed by atoms with van der Waals surface area (Å²) in [6.07, 6.45) is 1.58. The highest BCUT2D eigenvalue weighted by Gasteiger charge is 2.34. The first-order valence-electron chi connectivity index (χ1n) is 5.31. The van der Waals surface area contributed by atoms with Gasteiger partial charge >= 0.3 is 0 Å². The zero-order valence-electron chi connectivity index (χ0n) is 10.8. The van der Waals surface area contributed by atoms with E-state index in [4.69, 9.17) is 9.84 Å². The number of rotatable bonds is 6. The summed E-state index contributed by atoms with van der Waals surface area (Å²) in [7, 11) is 0. The van der Waals surface area contributed by atoms with Crippen LogP contribution < -0.4 is 0 Å². The van der Waals surface area contributed by atoms with Gasteiger partial charge in [-0.25, -0.2) is 0 Å². The third-order valence-electron chi connectivity index (χ3n) is 2.13. The van der Waals surface area contributed by atoms with Crippen LogP contribution in [0.15, 0.2) is 0 Å². The monoisotopic (exact) mass is 216 g/mol. The third-order valence-corrected chi connectivity index (χ3v) is 2.13. The molecule has 0 aliphatic rings. The number of aliphatic hydroxyl groups is 1. The molecular weight excluding hydrogens is 192 g/mol. The number of aliphatic hydroxyl groups excluding tert-OH is 1. The summed E-state index contributed by atoms with van der Waals surface area (Å²) < 4.78 is 5.80. The van der Waals surface area contributed by atoms with Crippen LogP contribution >= 0.6 is 0 Å². The molecule has 0 atom stereocenters. The van der Waals surface area contributed by atoms with Gasteiger partial charge < -0.3 is 14.6 Å². The van der Waals surface area contributed by atoms with Crippen molar-refractivity contribution in [2.45, 2.75) is 59.2 Å². The molecule has 0 heterocycles. The largest absolute Gasteiger partial charge is 0.393 e. The van der Waals surface area contributed by atoms with Crippen molar-refractivity contribution < 1.29 is 14.6 Å². The smallest absolute Gasteiger partial charge is 0.125 e. The number of carbonyl (C=O) groups is 1. The van der Waals surface area contributed by atoms with Crippen molar-refractivity contribution in [1.29, 1.82) is 0 Å². The quantitative estimate of drug-likeness (QED) is 0.692. The highest BCUT2D eigenvalue weighted by molar-refractivity contribution is 5.58. The lowest BCUT2D eigenvalue weighted by molar-refractivity contribution is -0.156. The fourth-order valence-corrected chi connectivity index (χ4v) is 1.96. The number of carbonyl (C=O) groups excluding carboxylic acids is 1. The lowest BCUT2D eigenvalue weighted by atomic mass is 9.83. The van der Waals surface area contributed by atoms with E-state index >= 15 is 0 Å². The maximum absolute atomic E-state index is 10.8. The van der Waals surface area contributed by atoms with E-state index in [1.54, 1.807) is 0 Å². The van der Waals surface area contributed by atoms with Gasteiger partial charge in [0.1, 0.15) is 6.29 Å². The van der Waals surface area contributed by atoms with Crippen molar-refractivity contribution in [1.82, 2.24) is 0 Å². The average Bonchev–Trinajstić information content (AvgIpc) is 2.00. The zero-order chi connectivity index (χ0) is 12.3. The van der Waals surface area contributed by atoms with E-state index < -0.39 is 16.6 Å². The molecule has 3 heteroatoms. The first-order valence-corrected chi connectivity index (χ1v) is 5.31. The van der Waals surface area contributed by atoms with Crippen LogP contribution in [-0.4, -0.2) is 29.2 Å². The molecule has 90 valence electrons. The summed E-state index contributed by atoms with van der Waals surface area (Å²) in [6, 6.07) is 0. The van der Waals surface area contributed by atoms with E-state index in [0.717, 1.165) is 6.29 Å². The van der Waals surface area contributed by atoms with Crippen LogP contribution in [0.4, 0.5) is 0 Å². The second kappa shape index (κ2) is 4.62. The Hall–Kier alpha value is -0.410. The molecule has 0 fully saturated rings. The van der Waals surface area contributed by atoms with E-state index in [1.807, 2.05) is 41.5 Å². The molecule has 0 aliphatic carbocycles. The summed E-state index contributed by atoms with van der Waals surface area (Å²) in [5.41, 5.74) is -1.38. The fraction of sp³-hybridized carbons (Fsp3) is 0.917. The van der Waals surface area contributed by atoms with E-state index in [-0.39, 0.29) is 6.61 Å². The molecule has 0 saturated carbocycles. The van der Waals surface area contributed by atoms with Crippen LogP contribution in [0.3, 0.4) is 0 Å². The Morgan fingerprint density at radius 2 is 1.53 bits per heavy atom. The number of ether oxygens (including phenoxy) is 1. The van der Waals surface area contributed by atoms with E-state index in [9.17, 15) is 4.79 Å². The predicted molar refractivity (Wildman–Crippen MR) is 60.8 cm³/mol. The second-order valence-corrected chi connectivity index (χ2v) is 6.06. The van der Waals surface area contributed by atoms with Gasteiger partial charge in [-0.1, -0.05) is 13.8 Å². The normalized spacial score (nSPS) is 14.1. The molecule has 0 saturated heterocycles. The molecule has 15 heavy (non-hydrogen) atoms. The van der Waals surface area contributed by atoms with Crippen LogP contribution in [-0.2, 0) is 9.53 Å². The molecule has 0 unspecified atom stereocenters. The molecule has 0 aliphatic heterocycles. The van der Waals surface area contributed by atoms with Crippen molar-refractivity contribution in [2.75, 3.05) is 6.61 Å². The Morgan fingerprint density at radius 1 is 1.07 bits per heavy atom.